The molecule has 2 aromatic heterocycles. The van der Waals surface area contributed by atoms with Crippen molar-refractivity contribution in [1.29, 1.82) is 0 Å². The van der Waals surface area contributed by atoms with Crippen molar-refractivity contribution in [2.75, 3.05) is 49.5 Å². The second-order valence-corrected chi connectivity index (χ2v) is 16.6. The molecule has 0 bridgehead atoms. The summed E-state index contributed by atoms with van der Waals surface area (Å²) in [5, 5.41) is 13.2. The number of carboxylic acid groups (broad SMARTS) is 1. The maximum absolute atomic E-state index is 14.9. The Labute approximate surface area is 305 Å². The van der Waals surface area contributed by atoms with Gasteiger partial charge in [-0.3, -0.25) is 9.59 Å². The van der Waals surface area contributed by atoms with E-state index in [1.165, 1.54) is 24.2 Å². The van der Waals surface area contributed by atoms with Gasteiger partial charge in [0.05, 0.1) is 28.9 Å². The van der Waals surface area contributed by atoms with Crippen LogP contribution < -0.4 is 10.2 Å². The van der Waals surface area contributed by atoms with E-state index >= 15 is 0 Å². The Morgan fingerprint density at radius 1 is 0.923 bits per heavy atom. The first-order valence-electron chi connectivity index (χ1n) is 19.8. The number of nitrogens with zero attached hydrogens (tertiary/aromatic N) is 7. The molecule has 6 aliphatic rings. The van der Waals surface area contributed by atoms with Gasteiger partial charge in [0, 0.05) is 61.6 Å². The third-order valence-corrected chi connectivity index (χ3v) is 13.1. The van der Waals surface area contributed by atoms with E-state index in [1.807, 2.05) is 11.2 Å². The van der Waals surface area contributed by atoms with E-state index in [4.69, 9.17) is 9.97 Å². The van der Waals surface area contributed by atoms with Crippen LogP contribution in [0.25, 0.3) is 22.3 Å². The smallest absolute Gasteiger partial charge is 0.407 e. The van der Waals surface area contributed by atoms with Gasteiger partial charge in [0.15, 0.2) is 5.82 Å². The summed E-state index contributed by atoms with van der Waals surface area (Å²) in [6, 6.07) is 9.95. The van der Waals surface area contributed by atoms with Crippen LogP contribution in [0.2, 0.25) is 0 Å². The Bertz CT molecular complexity index is 1880. The monoisotopic (exact) mass is 708 g/mol. The SMILES string of the molecule is CC(C)n1cnc2cc(-c3ccc4c(c3)N(C3CC(N5CCCCC5)C3)C(=O)C43CCN(C(=O)[C@@H]4CCCN(C(=O)O)C4)CC3)nc(NC3CC3)c21. The quantitative estimate of drug-likeness (QED) is 0.312. The Kier molecular flexibility index (Phi) is 8.43. The summed E-state index contributed by atoms with van der Waals surface area (Å²) in [6.07, 6.45) is 11.6. The predicted octanol–water partition coefficient (Wildman–Crippen LogP) is 5.87. The summed E-state index contributed by atoms with van der Waals surface area (Å²) in [5.74, 6) is 0.760. The van der Waals surface area contributed by atoms with Gasteiger partial charge in [-0.05, 0) is 109 Å². The van der Waals surface area contributed by atoms with Gasteiger partial charge in [-0.15, -0.1) is 0 Å². The lowest BCUT2D eigenvalue weighted by atomic mass is 9.73. The first-order chi connectivity index (χ1) is 25.2. The van der Waals surface area contributed by atoms with Crippen LogP contribution in [0, 0.1) is 5.92 Å². The van der Waals surface area contributed by atoms with Crippen molar-refractivity contribution >= 4 is 40.4 Å². The zero-order chi connectivity index (χ0) is 35.7. The van der Waals surface area contributed by atoms with E-state index < -0.39 is 11.5 Å². The number of carbonyl (C=O) groups is 3. The van der Waals surface area contributed by atoms with Crippen molar-refractivity contribution < 1.29 is 19.5 Å². The number of aromatic nitrogens is 3. The number of piperidine rings is 3. The van der Waals surface area contributed by atoms with Crippen LogP contribution in [0.4, 0.5) is 16.3 Å². The Balaban J connectivity index is 1.03. The van der Waals surface area contributed by atoms with E-state index in [2.05, 4.69) is 57.8 Å². The normalized spacial score (nSPS) is 26.2. The summed E-state index contributed by atoms with van der Waals surface area (Å²) in [7, 11) is 0. The van der Waals surface area contributed by atoms with Crippen LogP contribution in [-0.4, -0.2) is 110 Å². The highest BCUT2D eigenvalue weighted by atomic mass is 16.4. The molecule has 9 rings (SSSR count). The van der Waals surface area contributed by atoms with E-state index in [9.17, 15) is 19.5 Å². The number of amides is 3. The van der Waals surface area contributed by atoms with Gasteiger partial charge in [-0.1, -0.05) is 18.6 Å². The van der Waals surface area contributed by atoms with Gasteiger partial charge >= 0.3 is 6.09 Å². The number of anilines is 2. The molecule has 1 spiro atoms. The topological polar surface area (TPSA) is 127 Å². The highest BCUT2D eigenvalue weighted by Gasteiger charge is 2.56. The molecule has 3 aromatic rings. The molecule has 2 saturated carbocycles. The number of pyridine rings is 1. The van der Waals surface area contributed by atoms with Crippen molar-refractivity contribution in [2.45, 2.75) is 114 Å². The minimum atomic E-state index is -0.961. The molecule has 12 heteroatoms. The van der Waals surface area contributed by atoms with Crippen LogP contribution >= 0.6 is 0 Å². The van der Waals surface area contributed by atoms with Gasteiger partial charge in [0.1, 0.15) is 5.52 Å². The fourth-order valence-corrected chi connectivity index (χ4v) is 9.79. The zero-order valence-electron chi connectivity index (χ0n) is 30.6. The fourth-order valence-electron chi connectivity index (χ4n) is 9.79. The predicted molar refractivity (Wildman–Crippen MR) is 200 cm³/mol. The number of imidazole rings is 1. The molecular weight excluding hydrogens is 656 g/mol. The van der Waals surface area contributed by atoms with E-state index in [0.717, 1.165) is 78.1 Å². The lowest BCUT2D eigenvalue weighted by Crippen LogP contribution is -2.58. The summed E-state index contributed by atoms with van der Waals surface area (Å²) in [4.78, 5) is 58.3. The van der Waals surface area contributed by atoms with Gasteiger partial charge in [-0.2, -0.15) is 0 Å². The van der Waals surface area contributed by atoms with Crippen molar-refractivity contribution in [3.05, 3.63) is 36.2 Å². The molecule has 3 amide bonds. The third-order valence-electron chi connectivity index (χ3n) is 13.1. The molecular formula is C40H52N8O4. The third kappa shape index (κ3) is 5.72. The number of likely N-dealkylation sites (tertiary alicyclic amines) is 3. The molecule has 4 aliphatic heterocycles. The van der Waals surface area contributed by atoms with E-state index in [0.29, 0.717) is 57.4 Å². The van der Waals surface area contributed by atoms with Gasteiger partial charge in [-0.25, -0.2) is 14.8 Å². The summed E-state index contributed by atoms with van der Waals surface area (Å²) >= 11 is 0. The number of hydrogen-bond acceptors (Lipinski definition) is 7. The maximum Gasteiger partial charge on any atom is 0.407 e. The highest BCUT2D eigenvalue weighted by molar-refractivity contribution is 6.09. The molecule has 52 heavy (non-hydrogen) atoms. The largest absolute Gasteiger partial charge is 0.465 e. The second kappa shape index (κ2) is 13.0. The van der Waals surface area contributed by atoms with Crippen LogP contribution in [0.1, 0.15) is 96.1 Å². The van der Waals surface area contributed by atoms with Crippen molar-refractivity contribution in [1.82, 2.24) is 29.2 Å². The van der Waals surface area contributed by atoms with Crippen LogP contribution in [0.5, 0.6) is 0 Å². The number of benzene rings is 1. The Morgan fingerprint density at radius 2 is 1.69 bits per heavy atom. The van der Waals surface area contributed by atoms with Crippen LogP contribution in [0.15, 0.2) is 30.6 Å². The Morgan fingerprint density at radius 3 is 2.40 bits per heavy atom. The van der Waals surface area contributed by atoms with Crippen LogP contribution in [0.3, 0.4) is 0 Å². The molecule has 1 aromatic carbocycles. The fraction of sp³-hybridized carbons (Fsp3) is 0.625. The molecule has 3 saturated heterocycles. The molecule has 2 N–H and O–H groups in total. The lowest BCUT2D eigenvalue weighted by molar-refractivity contribution is -0.140. The first kappa shape index (κ1) is 33.6. The van der Waals surface area contributed by atoms with Crippen molar-refractivity contribution in [3.63, 3.8) is 0 Å². The number of nitrogens with one attached hydrogen (secondary N) is 1. The minimum Gasteiger partial charge on any atom is -0.465 e. The van der Waals surface area contributed by atoms with Crippen molar-refractivity contribution in [2.24, 2.45) is 5.92 Å². The summed E-state index contributed by atoms with van der Waals surface area (Å²) < 4.78 is 2.19. The number of hydrogen-bond donors (Lipinski definition) is 2. The first-order valence-corrected chi connectivity index (χ1v) is 19.8. The summed E-state index contributed by atoms with van der Waals surface area (Å²) in [6.45, 7) is 8.37. The molecule has 0 radical (unpaired) electrons. The molecule has 276 valence electrons. The average Bonchev–Trinajstić information content (AvgIpc) is 3.80. The number of rotatable bonds is 7. The Hall–Kier alpha value is -4.19. The minimum absolute atomic E-state index is 0.0269. The molecule has 2 aliphatic carbocycles. The van der Waals surface area contributed by atoms with Gasteiger partial charge < -0.3 is 34.6 Å². The van der Waals surface area contributed by atoms with Crippen LogP contribution in [-0.2, 0) is 15.0 Å². The molecule has 6 heterocycles. The standard InChI is InChI=1S/C40H52N8O4/c1-25(2)47-24-41-33-22-32(43-36(35(33)47)42-28-9-10-28)26-8-11-31-34(19-26)48(30-20-29(21-30)44-14-4-3-5-15-44)38(50)40(31)12-17-45(18-13-40)37(49)27-7-6-16-46(23-27)39(51)52/h8,11,19,22,24-25,27-30H,3-7,9-10,12-18,20-21,23H2,1-2H3,(H,42,43)(H,51,52)/t27-,29?,30?/m1/s1. The average molecular weight is 709 g/mol. The zero-order valence-corrected chi connectivity index (χ0v) is 30.6. The number of carbonyl (C=O) groups excluding carboxylic acids is 2. The van der Waals surface area contributed by atoms with E-state index in [1.54, 1.807) is 0 Å². The van der Waals surface area contributed by atoms with Gasteiger partial charge in [0.2, 0.25) is 11.8 Å². The number of fused-ring (bicyclic) bond motifs is 3. The second-order valence-electron chi connectivity index (χ2n) is 16.6. The molecule has 1 atom stereocenters. The van der Waals surface area contributed by atoms with Crippen molar-refractivity contribution in [3.8, 4) is 11.3 Å². The van der Waals surface area contributed by atoms with Gasteiger partial charge in [0.25, 0.3) is 0 Å². The summed E-state index contributed by atoms with van der Waals surface area (Å²) in [5.41, 5.74) is 5.18. The molecule has 0 unspecified atom stereocenters. The lowest BCUT2D eigenvalue weighted by Gasteiger charge is -2.48. The van der Waals surface area contributed by atoms with E-state index in [-0.39, 0.29) is 36.4 Å². The molecule has 5 fully saturated rings. The molecule has 12 nitrogen and oxygen atoms in total. The highest BCUT2D eigenvalue weighted by Crippen LogP contribution is 2.52. The maximum atomic E-state index is 14.9.